The summed E-state index contributed by atoms with van der Waals surface area (Å²) < 4.78 is 0. The molecule has 0 spiro atoms. The minimum atomic E-state index is -0.858. The molecule has 1 heterocycles. The van der Waals surface area contributed by atoms with Gasteiger partial charge in [-0.05, 0) is 42.7 Å². The number of phenolic OH excluding ortho intramolecular Hbond substituents is 1. The molecule has 1 fully saturated rings. The number of hydrogen-bond donors (Lipinski definition) is 2. The zero-order valence-corrected chi connectivity index (χ0v) is 13.5. The Morgan fingerprint density at radius 1 is 1.17 bits per heavy atom. The van der Waals surface area contributed by atoms with Crippen LogP contribution < -0.4 is 5.73 Å². The van der Waals surface area contributed by atoms with E-state index in [1.165, 1.54) is 6.07 Å². The third-order valence-electron chi connectivity index (χ3n) is 4.66. The van der Waals surface area contributed by atoms with Crippen LogP contribution >= 0.6 is 0 Å². The molecule has 0 radical (unpaired) electrons. The number of carbonyl (C=O) groups is 2. The van der Waals surface area contributed by atoms with Gasteiger partial charge in [-0.15, -0.1) is 0 Å². The maximum absolute atomic E-state index is 12.8. The van der Waals surface area contributed by atoms with Gasteiger partial charge in [0.2, 0.25) is 5.91 Å². The summed E-state index contributed by atoms with van der Waals surface area (Å²) in [5, 5.41) is 9.71. The van der Waals surface area contributed by atoms with Crippen molar-refractivity contribution < 1.29 is 14.7 Å². The van der Waals surface area contributed by atoms with Gasteiger partial charge < -0.3 is 15.7 Å². The second-order valence-corrected chi connectivity index (χ2v) is 6.35. The first kappa shape index (κ1) is 16.1. The van der Waals surface area contributed by atoms with Crippen LogP contribution in [0.25, 0.3) is 0 Å². The molecule has 2 aromatic carbocycles. The van der Waals surface area contributed by atoms with Crippen molar-refractivity contribution >= 4 is 11.8 Å². The van der Waals surface area contributed by atoms with Gasteiger partial charge in [0.1, 0.15) is 5.75 Å². The maximum Gasteiger partial charge on any atom is 0.254 e. The van der Waals surface area contributed by atoms with Crippen LogP contribution in [0, 0.1) is 6.92 Å². The summed E-state index contributed by atoms with van der Waals surface area (Å²) >= 11 is 0. The summed E-state index contributed by atoms with van der Waals surface area (Å²) in [6.45, 7) is 2.52. The minimum Gasteiger partial charge on any atom is -0.508 e. The molecule has 0 bridgehead atoms. The van der Waals surface area contributed by atoms with Gasteiger partial charge in [-0.2, -0.15) is 0 Å². The van der Waals surface area contributed by atoms with Crippen molar-refractivity contribution in [1.82, 2.24) is 4.90 Å². The maximum atomic E-state index is 12.8. The third kappa shape index (κ3) is 2.73. The Bertz CT molecular complexity index is 768. The highest BCUT2D eigenvalue weighted by Crippen LogP contribution is 2.35. The molecule has 1 aliphatic heterocycles. The molecule has 1 unspecified atom stereocenters. The predicted octanol–water partition coefficient (Wildman–Crippen LogP) is 1.97. The van der Waals surface area contributed by atoms with E-state index in [-0.39, 0.29) is 18.2 Å². The topological polar surface area (TPSA) is 83.6 Å². The first-order valence-electron chi connectivity index (χ1n) is 7.88. The lowest BCUT2D eigenvalue weighted by molar-refractivity contribution is -0.123. The number of nitrogens with two attached hydrogens (primary N) is 1. The Hall–Kier alpha value is -2.82. The summed E-state index contributed by atoms with van der Waals surface area (Å²) in [6.07, 6.45) is 0.496. The van der Waals surface area contributed by atoms with Gasteiger partial charge in [0.05, 0.1) is 5.41 Å². The lowest BCUT2D eigenvalue weighted by Crippen LogP contribution is -2.44. The van der Waals surface area contributed by atoms with Crippen LogP contribution in [0.1, 0.15) is 27.9 Å². The SMILES string of the molecule is Cc1cc(O)cc(C(=O)N2CCC(C(N)=O)(c3ccccc3)C2)c1. The normalized spacial score (nSPS) is 20.1. The van der Waals surface area contributed by atoms with Gasteiger partial charge in [0.15, 0.2) is 0 Å². The Labute approximate surface area is 140 Å². The Kier molecular flexibility index (Phi) is 4.01. The number of aromatic hydroxyl groups is 1. The number of primary amides is 1. The fourth-order valence-corrected chi connectivity index (χ4v) is 3.39. The number of amides is 2. The molecule has 5 heteroatoms. The average molecular weight is 324 g/mol. The van der Waals surface area contributed by atoms with E-state index >= 15 is 0 Å². The smallest absolute Gasteiger partial charge is 0.254 e. The van der Waals surface area contributed by atoms with Gasteiger partial charge in [-0.1, -0.05) is 30.3 Å². The molecule has 2 aromatic rings. The molecule has 2 amide bonds. The summed E-state index contributed by atoms with van der Waals surface area (Å²) in [4.78, 5) is 26.6. The predicted molar refractivity (Wildman–Crippen MR) is 90.7 cm³/mol. The lowest BCUT2D eigenvalue weighted by Gasteiger charge is -2.26. The van der Waals surface area contributed by atoms with Crippen LogP contribution in [-0.2, 0) is 10.2 Å². The lowest BCUT2D eigenvalue weighted by atomic mass is 9.79. The number of aryl methyl sites for hydroxylation is 1. The third-order valence-corrected chi connectivity index (χ3v) is 4.66. The first-order valence-corrected chi connectivity index (χ1v) is 7.88. The van der Waals surface area contributed by atoms with Crippen molar-refractivity contribution in [2.45, 2.75) is 18.8 Å². The van der Waals surface area contributed by atoms with Crippen LogP contribution in [0.15, 0.2) is 48.5 Å². The van der Waals surface area contributed by atoms with Crippen molar-refractivity contribution in [2.24, 2.45) is 5.73 Å². The molecule has 124 valence electrons. The van der Waals surface area contributed by atoms with E-state index in [0.717, 1.165) is 11.1 Å². The van der Waals surface area contributed by atoms with Crippen molar-refractivity contribution in [1.29, 1.82) is 0 Å². The molecule has 3 N–H and O–H groups in total. The molecule has 1 atom stereocenters. The van der Waals surface area contributed by atoms with E-state index in [0.29, 0.717) is 18.5 Å². The first-order chi connectivity index (χ1) is 11.4. The number of carbonyl (C=O) groups excluding carboxylic acids is 2. The molecule has 1 aliphatic rings. The highest BCUT2D eigenvalue weighted by Gasteiger charge is 2.46. The summed E-state index contributed by atoms with van der Waals surface area (Å²) in [7, 11) is 0. The molecule has 3 rings (SSSR count). The molecular weight excluding hydrogens is 304 g/mol. The number of rotatable bonds is 3. The molecule has 0 aliphatic carbocycles. The zero-order valence-electron chi connectivity index (χ0n) is 13.5. The van der Waals surface area contributed by atoms with Gasteiger partial charge >= 0.3 is 0 Å². The van der Waals surface area contributed by atoms with Crippen molar-refractivity contribution in [3.05, 3.63) is 65.2 Å². The Morgan fingerprint density at radius 2 is 1.88 bits per heavy atom. The molecule has 24 heavy (non-hydrogen) atoms. The van der Waals surface area contributed by atoms with Crippen LogP contribution in [0.3, 0.4) is 0 Å². The number of hydrogen-bond acceptors (Lipinski definition) is 3. The number of phenols is 1. The van der Waals surface area contributed by atoms with Crippen molar-refractivity contribution in [3.63, 3.8) is 0 Å². The number of nitrogens with zero attached hydrogens (tertiary/aromatic N) is 1. The van der Waals surface area contributed by atoms with E-state index in [9.17, 15) is 14.7 Å². The summed E-state index contributed by atoms with van der Waals surface area (Å²) in [6, 6.07) is 14.1. The van der Waals surface area contributed by atoms with Crippen molar-refractivity contribution in [3.8, 4) is 5.75 Å². The van der Waals surface area contributed by atoms with Gasteiger partial charge in [-0.3, -0.25) is 9.59 Å². The molecule has 0 aromatic heterocycles. The second kappa shape index (κ2) is 6.00. The standard InChI is InChI=1S/C19H20N2O3/c1-13-9-14(11-16(22)10-13)17(23)21-8-7-19(12-21,18(20)24)15-5-3-2-4-6-15/h2-6,9-11,22H,7-8,12H2,1H3,(H2,20,24). The van der Waals surface area contributed by atoms with Crippen LogP contribution in [-0.4, -0.2) is 34.9 Å². The zero-order chi connectivity index (χ0) is 17.3. The highest BCUT2D eigenvalue weighted by molar-refractivity contribution is 5.96. The molecule has 1 saturated heterocycles. The summed E-state index contributed by atoms with van der Waals surface area (Å²) in [5.41, 5.74) is 6.90. The fourth-order valence-electron chi connectivity index (χ4n) is 3.39. The van der Waals surface area contributed by atoms with E-state index in [1.54, 1.807) is 17.0 Å². The van der Waals surface area contributed by atoms with E-state index in [1.807, 2.05) is 37.3 Å². The quantitative estimate of drug-likeness (QED) is 0.905. The number of benzene rings is 2. The molecule has 5 nitrogen and oxygen atoms in total. The highest BCUT2D eigenvalue weighted by atomic mass is 16.3. The molecular formula is C19H20N2O3. The fraction of sp³-hybridized carbons (Fsp3) is 0.263. The Morgan fingerprint density at radius 3 is 2.50 bits per heavy atom. The molecule has 0 saturated carbocycles. The monoisotopic (exact) mass is 324 g/mol. The van der Waals surface area contributed by atoms with E-state index in [4.69, 9.17) is 5.73 Å². The van der Waals surface area contributed by atoms with Gasteiger partial charge in [0, 0.05) is 18.7 Å². The van der Waals surface area contributed by atoms with E-state index in [2.05, 4.69) is 0 Å². The average Bonchev–Trinajstić information content (AvgIpc) is 3.01. The van der Waals surface area contributed by atoms with Crippen LogP contribution in [0.2, 0.25) is 0 Å². The largest absolute Gasteiger partial charge is 0.508 e. The van der Waals surface area contributed by atoms with Crippen molar-refractivity contribution in [2.75, 3.05) is 13.1 Å². The van der Waals surface area contributed by atoms with Gasteiger partial charge in [0.25, 0.3) is 5.91 Å². The van der Waals surface area contributed by atoms with Crippen LogP contribution in [0.4, 0.5) is 0 Å². The second-order valence-electron chi connectivity index (χ2n) is 6.35. The van der Waals surface area contributed by atoms with Crippen LogP contribution in [0.5, 0.6) is 5.75 Å². The van der Waals surface area contributed by atoms with Gasteiger partial charge in [-0.25, -0.2) is 0 Å². The van der Waals surface area contributed by atoms with E-state index < -0.39 is 11.3 Å². The Balaban J connectivity index is 1.90. The number of likely N-dealkylation sites (tertiary alicyclic amines) is 1. The summed E-state index contributed by atoms with van der Waals surface area (Å²) in [5.74, 6) is -0.564. The minimum absolute atomic E-state index is 0.0572.